The summed E-state index contributed by atoms with van der Waals surface area (Å²) >= 11 is 0. The predicted octanol–water partition coefficient (Wildman–Crippen LogP) is 3.20. The van der Waals surface area contributed by atoms with Gasteiger partial charge < -0.3 is 15.8 Å². The third kappa shape index (κ3) is 6.81. The molecule has 19 heavy (non-hydrogen) atoms. The van der Waals surface area contributed by atoms with Crippen molar-refractivity contribution in [2.45, 2.75) is 64.7 Å². The number of unbranched alkanes of at least 4 members (excludes halogenated alkanes) is 6. The summed E-state index contributed by atoms with van der Waals surface area (Å²) in [6, 6.07) is 0. The lowest BCUT2D eigenvalue weighted by Crippen LogP contribution is -2.39. The predicted molar refractivity (Wildman–Crippen MR) is 80.6 cm³/mol. The maximum absolute atomic E-state index is 8.66. The van der Waals surface area contributed by atoms with Crippen LogP contribution in [0.15, 0.2) is 5.16 Å². The van der Waals surface area contributed by atoms with Gasteiger partial charge in [0.15, 0.2) is 0 Å². The van der Waals surface area contributed by atoms with E-state index >= 15 is 0 Å². The number of oxime groups is 1. The van der Waals surface area contributed by atoms with Gasteiger partial charge in [0, 0.05) is 5.92 Å². The zero-order chi connectivity index (χ0) is 13.9. The number of nitrogens with zero attached hydrogens (tertiary/aromatic N) is 2. The Kier molecular flexibility index (Phi) is 8.63. The molecule has 1 saturated heterocycles. The van der Waals surface area contributed by atoms with E-state index in [0.29, 0.717) is 5.84 Å². The Morgan fingerprint density at radius 3 is 2.26 bits per heavy atom. The molecule has 0 atom stereocenters. The molecule has 112 valence electrons. The van der Waals surface area contributed by atoms with Crippen LogP contribution in [0.5, 0.6) is 0 Å². The molecule has 0 bridgehead atoms. The van der Waals surface area contributed by atoms with Crippen molar-refractivity contribution in [2.75, 3.05) is 19.6 Å². The maximum Gasteiger partial charge on any atom is 0.142 e. The first kappa shape index (κ1) is 16.3. The van der Waals surface area contributed by atoms with Gasteiger partial charge in [0.1, 0.15) is 5.84 Å². The molecule has 0 spiro atoms. The lowest BCUT2D eigenvalue weighted by molar-refractivity contribution is 0.202. The van der Waals surface area contributed by atoms with Crippen molar-refractivity contribution < 1.29 is 5.21 Å². The first-order valence-electron chi connectivity index (χ1n) is 7.97. The largest absolute Gasteiger partial charge is 0.409 e. The number of amidine groups is 1. The number of hydrogen-bond donors (Lipinski definition) is 2. The van der Waals surface area contributed by atoms with Crippen molar-refractivity contribution in [3.8, 4) is 0 Å². The quantitative estimate of drug-likeness (QED) is 0.222. The van der Waals surface area contributed by atoms with Gasteiger partial charge in [-0.25, -0.2) is 0 Å². The van der Waals surface area contributed by atoms with E-state index in [2.05, 4.69) is 17.0 Å². The van der Waals surface area contributed by atoms with Gasteiger partial charge >= 0.3 is 0 Å². The molecule has 0 aromatic heterocycles. The van der Waals surface area contributed by atoms with E-state index in [1.165, 1.54) is 51.5 Å². The summed E-state index contributed by atoms with van der Waals surface area (Å²) in [5.74, 6) is 0.700. The molecule has 4 nitrogen and oxygen atoms in total. The summed E-state index contributed by atoms with van der Waals surface area (Å²) < 4.78 is 0. The van der Waals surface area contributed by atoms with Crippen LogP contribution in [-0.2, 0) is 0 Å². The summed E-state index contributed by atoms with van der Waals surface area (Å²) in [5, 5.41) is 11.8. The van der Waals surface area contributed by atoms with Crippen molar-refractivity contribution >= 4 is 5.84 Å². The van der Waals surface area contributed by atoms with Gasteiger partial charge in [-0.1, -0.05) is 50.6 Å². The SMILES string of the molecule is CCCCCCCCCN1CCC(C(N)=NO)CC1. The average molecular weight is 269 g/mol. The summed E-state index contributed by atoms with van der Waals surface area (Å²) in [4.78, 5) is 2.52. The van der Waals surface area contributed by atoms with Crippen molar-refractivity contribution in [1.82, 2.24) is 4.90 Å². The molecule has 0 saturated carbocycles. The molecule has 0 aromatic rings. The Hall–Kier alpha value is -0.770. The number of hydrogen-bond acceptors (Lipinski definition) is 3. The molecule has 1 aliphatic rings. The van der Waals surface area contributed by atoms with Crippen LogP contribution in [0.2, 0.25) is 0 Å². The summed E-state index contributed by atoms with van der Waals surface area (Å²) in [6.45, 7) is 5.67. The molecular weight excluding hydrogens is 238 g/mol. The first-order valence-corrected chi connectivity index (χ1v) is 7.97. The maximum atomic E-state index is 8.66. The van der Waals surface area contributed by atoms with Gasteiger partial charge in [0.05, 0.1) is 0 Å². The monoisotopic (exact) mass is 269 g/mol. The second kappa shape index (κ2) is 10.1. The number of rotatable bonds is 9. The molecule has 1 heterocycles. The summed E-state index contributed by atoms with van der Waals surface area (Å²) in [5.41, 5.74) is 5.65. The van der Waals surface area contributed by atoms with E-state index in [4.69, 9.17) is 10.9 Å². The van der Waals surface area contributed by atoms with Gasteiger partial charge in [0.25, 0.3) is 0 Å². The first-order chi connectivity index (χ1) is 9.27. The van der Waals surface area contributed by atoms with Crippen LogP contribution in [-0.4, -0.2) is 35.6 Å². The van der Waals surface area contributed by atoms with E-state index < -0.39 is 0 Å². The van der Waals surface area contributed by atoms with Crippen LogP contribution < -0.4 is 5.73 Å². The average Bonchev–Trinajstić information content (AvgIpc) is 2.46. The van der Waals surface area contributed by atoms with Gasteiger partial charge in [0.2, 0.25) is 0 Å². The smallest absolute Gasteiger partial charge is 0.142 e. The Balaban J connectivity index is 1.98. The molecule has 1 rings (SSSR count). The van der Waals surface area contributed by atoms with Crippen molar-refractivity contribution in [3.05, 3.63) is 0 Å². The number of nitrogens with two attached hydrogens (primary N) is 1. The van der Waals surface area contributed by atoms with E-state index in [-0.39, 0.29) is 5.92 Å². The van der Waals surface area contributed by atoms with Gasteiger partial charge in [-0.2, -0.15) is 0 Å². The van der Waals surface area contributed by atoms with Gasteiger partial charge in [-0.3, -0.25) is 0 Å². The lowest BCUT2D eigenvalue weighted by atomic mass is 9.95. The standard InChI is InChI=1S/C15H31N3O/c1-2-3-4-5-6-7-8-11-18-12-9-14(10-13-18)15(16)17-19/h14,19H,2-13H2,1H3,(H2,16,17). The highest BCUT2D eigenvalue weighted by Gasteiger charge is 2.21. The molecule has 0 aliphatic carbocycles. The molecular formula is C15H31N3O. The number of likely N-dealkylation sites (tertiary alicyclic amines) is 1. The zero-order valence-electron chi connectivity index (χ0n) is 12.5. The lowest BCUT2D eigenvalue weighted by Gasteiger charge is -2.31. The zero-order valence-corrected chi connectivity index (χ0v) is 12.5. The third-order valence-electron chi connectivity index (χ3n) is 4.20. The Morgan fingerprint density at radius 1 is 1.11 bits per heavy atom. The highest BCUT2D eigenvalue weighted by molar-refractivity contribution is 5.82. The molecule has 0 aromatic carbocycles. The molecule has 0 unspecified atom stereocenters. The minimum atomic E-state index is 0.287. The van der Waals surface area contributed by atoms with E-state index in [9.17, 15) is 0 Å². The van der Waals surface area contributed by atoms with Crippen LogP contribution in [0.4, 0.5) is 0 Å². The third-order valence-corrected chi connectivity index (χ3v) is 4.20. The van der Waals surface area contributed by atoms with E-state index in [0.717, 1.165) is 25.9 Å². The van der Waals surface area contributed by atoms with E-state index in [1.807, 2.05) is 0 Å². The number of piperidine rings is 1. The fourth-order valence-corrected chi connectivity index (χ4v) is 2.83. The normalized spacial score (nSPS) is 18.9. The van der Waals surface area contributed by atoms with Crippen LogP contribution in [0.1, 0.15) is 64.7 Å². The van der Waals surface area contributed by atoms with Crippen LogP contribution in [0.3, 0.4) is 0 Å². The second-order valence-electron chi connectivity index (χ2n) is 5.76. The Morgan fingerprint density at radius 2 is 1.68 bits per heavy atom. The van der Waals surface area contributed by atoms with E-state index in [1.54, 1.807) is 0 Å². The van der Waals surface area contributed by atoms with Crippen LogP contribution >= 0.6 is 0 Å². The molecule has 4 heteroatoms. The van der Waals surface area contributed by atoms with Crippen molar-refractivity contribution in [2.24, 2.45) is 16.8 Å². The molecule has 1 fully saturated rings. The van der Waals surface area contributed by atoms with Crippen molar-refractivity contribution in [1.29, 1.82) is 0 Å². The molecule has 0 radical (unpaired) electrons. The minimum Gasteiger partial charge on any atom is -0.409 e. The summed E-state index contributed by atoms with van der Waals surface area (Å²) in [6.07, 6.45) is 11.7. The highest BCUT2D eigenvalue weighted by Crippen LogP contribution is 2.18. The summed E-state index contributed by atoms with van der Waals surface area (Å²) in [7, 11) is 0. The fourth-order valence-electron chi connectivity index (χ4n) is 2.83. The Bertz CT molecular complexity index is 248. The minimum absolute atomic E-state index is 0.287. The molecule has 3 N–H and O–H groups in total. The second-order valence-corrected chi connectivity index (χ2v) is 5.76. The highest BCUT2D eigenvalue weighted by atomic mass is 16.4. The molecule has 1 aliphatic heterocycles. The van der Waals surface area contributed by atoms with Crippen LogP contribution in [0.25, 0.3) is 0 Å². The molecule has 0 amide bonds. The van der Waals surface area contributed by atoms with Crippen molar-refractivity contribution in [3.63, 3.8) is 0 Å². The Labute approximate surface area is 118 Å². The fraction of sp³-hybridized carbons (Fsp3) is 0.933. The van der Waals surface area contributed by atoms with Crippen LogP contribution in [0, 0.1) is 5.92 Å². The van der Waals surface area contributed by atoms with Gasteiger partial charge in [-0.15, -0.1) is 0 Å². The topological polar surface area (TPSA) is 61.8 Å². The van der Waals surface area contributed by atoms with Gasteiger partial charge in [-0.05, 0) is 38.9 Å².